The van der Waals surface area contributed by atoms with E-state index in [2.05, 4.69) is 4.98 Å². The maximum absolute atomic E-state index is 10.7. The fraction of sp³-hybridized carbons (Fsp3) is 0.250. The van der Waals surface area contributed by atoms with Crippen LogP contribution in [0.2, 0.25) is 0 Å². The number of hydrogen-bond donors (Lipinski definition) is 4. The van der Waals surface area contributed by atoms with E-state index < -0.39 is 12.0 Å². The number of fused-ring (bicyclic) bond motifs is 1. The molecule has 0 bridgehead atoms. The van der Waals surface area contributed by atoms with E-state index in [0.29, 0.717) is 0 Å². The van der Waals surface area contributed by atoms with E-state index in [1.54, 1.807) is 6.07 Å². The van der Waals surface area contributed by atoms with Gasteiger partial charge in [-0.1, -0.05) is 0 Å². The summed E-state index contributed by atoms with van der Waals surface area (Å²) in [4.78, 5) is 13.5. The summed E-state index contributed by atoms with van der Waals surface area (Å²) >= 11 is 0. The largest absolute Gasteiger partial charge is 0.495 e. The highest BCUT2D eigenvalue weighted by Crippen LogP contribution is 2.23. The van der Waals surface area contributed by atoms with Crippen LogP contribution in [0.1, 0.15) is 11.1 Å². The molecule has 1 aromatic carbocycles. The molecule has 0 saturated heterocycles. The minimum Gasteiger partial charge on any atom is -0.495 e. The van der Waals surface area contributed by atoms with Gasteiger partial charge < -0.3 is 20.9 Å². The number of hydrogen-bond acceptors (Lipinski definition) is 3. The number of H-pyrrole nitrogens is 1. The summed E-state index contributed by atoms with van der Waals surface area (Å²) in [5.41, 5.74) is 8.17. The summed E-state index contributed by atoms with van der Waals surface area (Å²) in [7, 11) is 0. The van der Waals surface area contributed by atoms with Crippen LogP contribution in [0.4, 0.5) is 0 Å². The molecule has 90 valence electrons. The molecule has 17 heavy (non-hydrogen) atoms. The second-order valence-electron chi connectivity index (χ2n) is 4.17. The van der Waals surface area contributed by atoms with Crippen molar-refractivity contribution in [2.24, 2.45) is 5.73 Å². The first-order valence-electron chi connectivity index (χ1n) is 5.27. The van der Waals surface area contributed by atoms with E-state index in [4.69, 9.17) is 10.8 Å². The molecule has 1 heterocycles. The van der Waals surface area contributed by atoms with Crippen LogP contribution in [0.3, 0.4) is 0 Å². The predicted molar refractivity (Wildman–Crippen MR) is 64.0 cm³/mol. The van der Waals surface area contributed by atoms with Gasteiger partial charge in [-0.05, 0) is 36.6 Å². The Bertz CT molecular complexity index is 574. The van der Waals surface area contributed by atoms with Gasteiger partial charge in [-0.3, -0.25) is 4.79 Å². The average molecular weight is 234 g/mol. The molecule has 5 heteroatoms. The van der Waals surface area contributed by atoms with Crippen molar-refractivity contribution in [2.75, 3.05) is 0 Å². The molecule has 5 nitrogen and oxygen atoms in total. The van der Waals surface area contributed by atoms with Gasteiger partial charge in [-0.15, -0.1) is 0 Å². The molecule has 1 atom stereocenters. The quantitative estimate of drug-likeness (QED) is 0.639. The number of aromatic nitrogens is 1. The van der Waals surface area contributed by atoms with Crippen LogP contribution >= 0.6 is 0 Å². The molecule has 0 radical (unpaired) electrons. The van der Waals surface area contributed by atoms with Crippen LogP contribution in [-0.2, 0) is 11.2 Å². The lowest BCUT2D eigenvalue weighted by Crippen LogP contribution is -2.32. The van der Waals surface area contributed by atoms with E-state index in [1.807, 2.05) is 19.1 Å². The highest BCUT2D eigenvalue weighted by Gasteiger charge is 2.14. The molecule has 0 amide bonds. The SMILES string of the molecule is Cc1cc2[nH]c(O)cc2cc1CC(N)C(=O)O. The third kappa shape index (κ3) is 2.24. The van der Waals surface area contributed by atoms with Gasteiger partial charge in [0.05, 0.1) is 0 Å². The van der Waals surface area contributed by atoms with E-state index in [9.17, 15) is 9.90 Å². The molecule has 1 unspecified atom stereocenters. The van der Waals surface area contributed by atoms with Gasteiger partial charge >= 0.3 is 5.97 Å². The topological polar surface area (TPSA) is 99.3 Å². The Balaban J connectivity index is 2.40. The lowest BCUT2D eigenvalue weighted by molar-refractivity contribution is -0.138. The van der Waals surface area contributed by atoms with Gasteiger partial charge in [0.15, 0.2) is 5.88 Å². The highest BCUT2D eigenvalue weighted by atomic mass is 16.4. The summed E-state index contributed by atoms with van der Waals surface area (Å²) in [6, 6.07) is 4.42. The number of carboxylic acids is 1. The van der Waals surface area contributed by atoms with E-state index in [0.717, 1.165) is 22.0 Å². The van der Waals surface area contributed by atoms with Crippen molar-refractivity contribution in [1.29, 1.82) is 0 Å². The zero-order valence-electron chi connectivity index (χ0n) is 9.40. The fourth-order valence-corrected chi connectivity index (χ4v) is 1.87. The third-order valence-corrected chi connectivity index (χ3v) is 2.82. The number of benzene rings is 1. The normalized spacial score (nSPS) is 12.8. The highest BCUT2D eigenvalue weighted by molar-refractivity contribution is 5.83. The third-order valence-electron chi connectivity index (χ3n) is 2.82. The summed E-state index contributed by atoms with van der Waals surface area (Å²) in [6.45, 7) is 1.89. The summed E-state index contributed by atoms with van der Waals surface area (Å²) < 4.78 is 0. The van der Waals surface area contributed by atoms with Gasteiger partial charge in [0.1, 0.15) is 6.04 Å². The molecular weight excluding hydrogens is 220 g/mol. The molecule has 0 fully saturated rings. The number of carboxylic acid groups (broad SMARTS) is 1. The monoisotopic (exact) mass is 234 g/mol. The van der Waals surface area contributed by atoms with Crippen LogP contribution in [0.25, 0.3) is 10.9 Å². The number of rotatable bonds is 3. The van der Waals surface area contributed by atoms with Crippen LogP contribution in [0.15, 0.2) is 18.2 Å². The number of nitrogens with two attached hydrogens (primary N) is 1. The molecule has 0 saturated carbocycles. The first-order valence-corrected chi connectivity index (χ1v) is 5.27. The van der Waals surface area contributed by atoms with E-state index >= 15 is 0 Å². The zero-order valence-corrected chi connectivity index (χ0v) is 9.40. The van der Waals surface area contributed by atoms with Crippen molar-refractivity contribution >= 4 is 16.9 Å². The number of carbonyl (C=O) groups is 1. The first-order chi connectivity index (χ1) is 7.97. The first kappa shape index (κ1) is 11.5. The van der Waals surface area contributed by atoms with E-state index in [1.165, 1.54) is 0 Å². The molecular formula is C12H14N2O3. The fourth-order valence-electron chi connectivity index (χ4n) is 1.87. The van der Waals surface area contributed by atoms with Gasteiger partial charge in [0.25, 0.3) is 0 Å². The van der Waals surface area contributed by atoms with Crippen molar-refractivity contribution in [1.82, 2.24) is 4.98 Å². The standard InChI is InChI=1S/C12H14N2O3/c1-6-2-10-8(5-11(15)14-10)3-7(6)4-9(13)12(16)17/h2-3,5,9,14-15H,4,13H2,1H3,(H,16,17). The Kier molecular flexibility index (Phi) is 2.77. The Hall–Kier alpha value is -2.01. The van der Waals surface area contributed by atoms with Crippen LogP contribution in [0, 0.1) is 6.92 Å². The van der Waals surface area contributed by atoms with Crippen LogP contribution < -0.4 is 5.73 Å². The number of aromatic amines is 1. The lowest BCUT2D eigenvalue weighted by atomic mass is 10.00. The summed E-state index contributed by atoms with van der Waals surface area (Å²) in [5.74, 6) is -0.916. The second-order valence-corrected chi connectivity index (χ2v) is 4.17. The maximum Gasteiger partial charge on any atom is 0.320 e. The van der Waals surface area contributed by atoms with Crippen molar-refractivity contribution in [3.05, 3.63) is 29.3 Å². The smallest absolute Gasteiger partial charge is 0.320 e. The summed E-state index contributed by atoms with van der Waals surface area (Å²) in [6.07, 6.45) is 0.281. The molecule has 0 spiro atoms. The molecule has 2 rings (SSSR count). The number of aryl methyl sites for hydroxylation is 1. The van der Waals surface area contributed by atoms with Gasteiger partial charge in [-0.25, -0.2) is 0 Å². The van der Waals surface area contributed by atoms with Crippen molar-refractivity contribution in [2.45, 2.75) is 19.4 Å². The molecule has 1 aromatic heterocycles. The maximum atomic E-state index is 10.7. The molecule has 0 aliphatic heterocycles. The zero-order chi connectivity index (χ0) is 12.6. The summed E-state index contributed by atoms with van der Waals surface area (Å²) in [5, 5.41) is 19.0. The Morgan fingerprint density at radius 1 is 1.47 bits per heavy atom. The van der Waals surface area contributed by atoms with Gasteiger partial charge in [0, 0.05) is 17.0 Å². The number of aromatic hydroxyl groups is 1. The second kappa shape index (κ2) is 4.10. The van der Waals surface area contributed by atoms with Crippen LogP contribution in [0.5, 0.6) is 5.88 Å². The molecule has 2 aromatic rings. The van der Waals surface area contributed by atoms with Crippen LogP contribution in [-0.4, -0.2) is 27.2 Å². The molecule has 5 N–H and O–H groups in total. The minimum atomic E-state index is -1.01. The molecule has 0 aliphatic rings. The lowest BCUT2D eigenvalue weighted by Gasteiger charge is -2.09. The van der Waals surface area contributed by atoms with Crippen molar-refractivity contribution in [3.8, 4) is 5.88 Å². The molecule has 0 aliphatic carbocycles. The average Bonchev–Trinajstić information content (AvgIpc) is 2.57. The number of nitrogens with one attached hydrogen (secondary N) is 1. The Morgan fingerprint density at radius 3 is 2.82 bits per heavy atom. The van der Waals surface area contributed by atoms with Gasteiger partial charge in [0.2, 0.25) is 0 Å². The Morgan fingerprint density at radius 2 is 2.18 bits per heavy atom. The van der Waals surface area contributed by atoms with E-state index in [-0.39, 0.29) is 12.3 Å². The van der Waals surface area contributed by atoms with Crippen molar-refractivity contribution < 1.29 is 15.0 Å². The minimum absolute atomic E-state index is 0.0964. The predicted octanol–water partition coefficient (Wildman–Crippen LogP) is 1.14. The Labute approximate surface area is 97.9 Å². The number of aliphatic carboxylic acids is 1. The van der Waals surface area contributed by atoms with Gasteiger partial charge in [-0.2, -0.15) is 0 Å². The van der Waals surface area contributed by atoms with Crippen molar-refractivity contribution in [3.63, 3.8) is 0 Å².